The van der Waals surface area contributed by atoms with Crippen molar-refractivity contribution in [2.45, 2.75) is 6.04 Å². The van der Waals surface area contributed by atoms with Crippen molar-refractivity contribution in [2.24, 2.45) is 0 Å². The molecular formula is C22H18N2O2. The summed E-state index contributed by atoms with van der Waals surface area (Å²) in [5, 5.41) is 3.14. The average molecular weight is 342 g/mol. The molecule has 0 radical (unpaired) electrons. The van der Waals surface area contributed by atoms with Crippen LogP contribution in [-0.4, -0.2) is 17.5 Å². The fourth-order valence-electron chi connectivity index (χ4n) is 3.03. The number of benzene rings is 2. The Morgan fingerprint density at radius 1 is 0.923 bits per heavy atom. The molecule has 0 aliphatic carbocycles. The molecule has 1 amide bonds. The van der Waals surface area contributed by atoms with E-state index >= 15 is 0 Å². The minimum atomic E-state index is -0.246. The zero-order valence-electron chi connectivity index (χ0n) is 14.1. The van der Waals surface area contributed by atoms with Crippen molar-refractivity contribution in [3.8, 4) is 5.75 Å². The average Bonchev–Trinajstić information content (AvgIpc) is 2.72. The lowest BCUT2D eigenvalue weighted by atomic mass is 9.99. The summed E-state index contributed by atoms with van der Waals surface area (Å²) in [6.45, 7) is 0.265. The number of carbonyl (C=O) groups excluding carboxylic acids is 1. The van der Waals surface area contributed by atoms with Gasteiger partial charge < -0.3 is 10.1 Å². The minimum absolute atomic E-state index is 0.134. The topological polar surface area (TPSA) is 51.2 Å². The molecule has 0 saturated carbocycles. The number of hydrogen-bond acceptors (Lipinski definition) is 3. The van der Waals surface area contributed by atoms with E-state index in [9.17, 15) is 4.79 Å². The van der Waals surface area contributed by atoms with E-state index in [2.05, 4.69) is 10.3 Å². The summed E-state index contributed by atoms with van der Waals surface area (Å²) in [4.78, 5) is 17.0. The number of nitrogens with zero attached hydrogens (tertiary/aromatic N) is 1. The van der Waals surface area contributed by atoms with E-state index in [0.717, 1.165) is 22.4 Å². The quantitative estimate of drug-likeness (QED) is 0.785. The highest BCUT2D eigenvalue weighted by Gasteiger charge is 2.21. The molecule has 4 nitrogen and oxygen atoms in total. The summed E-state index contributed by atoms with van der Waals surface area (Å²) >= 11 is 0. The Morgan fingerprint density at radius 2 is 1.62 bits per heavy atom. The van der Waals surface area contributed by atoms with Crippen LogP contribution in [0, 0.1) is 0 Å². The maximum absolute atomic E-state index is 12.9. The van der Waals surface area contributed by atoms with Gasteiger partial charge in [-0.2, -0.15) is 0 Å². The molecule has 1 N–H and O–H groups in total. The van der Waals surface area contributed by atoms with Crippen LogP contribution < -0.4 is 10.1 Å². The van der Waals surface area contributed by atoms with Crippen LogP contribution in [0.2, 0.25) is 0 Å². The van der Waals surface area contributed by atoms with E-state index < -0.39 is 0 Å². The summed E-state index contributed by atoms with van der Waals surface area (Å²) in [7, 11) is 0. The number of aromatic nitrogens is 1. The number of hydrogen-bond donors (Lipinski definition) is 1. The van der Waals surface area contributed by atoms with Gasteiger partial charge >= 0.3 is 0 Å². The largest absolute Gasteiger partial charge is 0.488 e. The van der Waals surface area contributed by atoms with E-state index in [4.69, 9.17) is 4.74 Å². The fraction of sp³-hybridized carbons (Fsp3) is 0.0909. The number of ether oxygens (including phenoxy) is 1. The number of nitrogens with one attached hydrogen (secondary N) is 1. The van der Waals surface area contributed by atoms with Crippen LogP contribution in [-0.2, 0) is 4.79 Å². The molecule has 1 aliphatic rings. The molecule has 0 bridgehead atoms. The van der Waals surface area contributed by atoms with Crippen molar-refractivity contribution in [3.63, 3.8) is 0 Å². The van der Waals surface area contributed by atoms with Crippen LogP contribution in [0.25, 0.3) is 6.08 Å². The van der Waals surface area contributed by atoms with Gasteiger partial charge in [-0.25, -0.2) is 0 Å². The molecule has 3 aromatic rings. The Morgan fingerprint density at radius 3 is 2.42 bits per heavy atom. The van der Waals surface area contributed by atoms with Gasteiger partial charge in [0.25, 0.3) is 5.91 Å². The van der Waals surface area contributed by atoms with Crippen molar-refractivity contribution >= 4 is 12.0 Å². The normalized spacial score (nSPS) is 13.8. The Hall–Kier alpha value is -3.40. The van der Waals surface area contributed by atoms with Gasteiger partial charge in [0.15, 0.2) is 0 Å². The molecule has 128 valence electrons. The fourth-order valence-corrected chi connectivity index (χ4v) is 3.03. The first-order valence-corrected chi connectivity index (χ1v) is 8.49. The van der Waals surface area contributed by atoms with Crippen LogP contribution >= 0.6 is 0 Å². The summed E-state index contributed by atoms with van der Waals surface area (Å²) in [5.41, 5.74) is 3.53. The molecule has 0 fully saturated rings. The van der Waals surface area contributed by atoms with Crippen LogP contribution in [0.1, 0.15) is 22.7 Å². The Kier molecular flexibility index (Phi) is 4.48. The molecule has 0 spiro atoms. The van der Waals surface area contributed by atoms with Gasteiger partial charge in [0.05, 0.1) is 11.6 Å². The lowest BCUT2D eigenvalue weighted by molar-refractivity contribution is -0.118. The molecule has 2 heterocycles. The predicted molar refractivity (Wildman–Crippen MR) is 101 cm³/mol. The van der Waals surface area contributed by atoms with E-state index in [1.54, 1.807) is 12.4 Å². The van der Waals surface area contributed by atoms with Crippen LogP contribution in [0.5, 0.6) is 5.75 Å². The predicted octanol–water partition coefficient (Wildman–Crippen LogP) is 3.76. The third-order valence-electron chi connectivity index (χ3n) is 4.37. The molecular weight excluding hydrogens is 324 g/mol. The molecule has 0 saturated heterocycles. The molecule has 4 rings (SSSR count). The second-order valence-electron chi connectivity index (χ2n) is 6.09. The first-order chi connectivity index (χ1) is 12.8. The second kappa shape index (κ2) is 7.23. The minimum Gasteiger partial charge on any atom is -0.488 e. The lowest BCUT2D eigenvalue weighted by Crippen LogP contribution is -2.32. The SMILES string of the molecule is O=C(NC(c1ccccc1)c1ccncc1)C1=Cc2ccccc2OC1. The highest BCUT2D eigenvalue weighted by atomic mass is 16.5. The van der Waals surface area contributed by atoms with Gasteiger partial charge in [-0.05, 0) is 35.4 Å². The van der Waals surface area contributed by atoms with Crippen molar-refractivity contribution in [1.82, 2.24) is 10.3 Å². The Labute approximate surface area is 152 Å². The van der Waals surface area contributed by atoms with Crippen LogP contribution in [0.4, 0.5) is 0 Å². The summed E-state index contributed by atoms with van der Waals surface area (Å²) < 4.78 is 5.71. The summed E-state index contributed by atoms with van der Waals surface area (Å²) in [5.74, 6) is 0.669. The highest BCUT2D eigenvalue weighted by molar-refractivity contribution is 5.99. The van der Waals surface area contributed by atoms with Gasteiger partial charge in [-0.15, -0.1) is 0 Å². The summed E-state index contributed by atoms with van der Waals surface area (Å²) in [6.07, 6.45) is 5.36. The Balaban J connectivity index is 1.62. The molecule has 4 heteroatoms. The molecule has 2 aromatic carbocycles. The third-order valence-corrected chi connectivity index (χ3v) is 4.37. The number of fused-ring (bicyclic) bond motifs is 1. The van der Waals surface area contributed by atoms with Gasteiger partial charge in [0.2, 0.25) is 0 Å². The molecule has 1 atom stereocenters. The molecule has 1 aliphatic heterocycles. The van der Waals surface area contributed by atoms with Gasteiger partial charge in [-0.3, -0.25) is 9.78 Å². The molecule has 26 heavy (non-hydrogen) atoms. The van der Waals surface area contributed by atoms with Crippen LogP contribution in [0.3, 0.4) is 0 Å². The first-order valence-electron chi connectivity index (χ1n) is 8.49. The van der Waals surface area contributed by atoms with Crippen molar-refractivity contribution in [2.75, 3.05) is 6.61 Å². The van der Waals surface area contributed by atoms with Gasteiger partial charge in [0.1, 0.15) is 12.4 Å². The smallest absolute Gasteiger partial charge is 0.251 e. The number of pyridine rings is 1. The van der Waals surface area contributed by atoms with E-state index in [0.29, 0.717) is 5.57 Å². The number of rotatable bonds is 4. The van der Waals surface area contributed by atoms with Crippen molar-refractivity contribution in [1.29, 1.82) is 0 Å². The highest BCUT2D eigenvalue weighted by Crippen LogP contribution is 2.27. The standard InChI is InChI=1S/C22H18N2O2/c25-22(19-14-18-8-4-5-9-20(18)26-15-19)24-21(16-6-2-1-3-7-16)17-10-12-23-13-11-17/h1-14,21H,15H2,(H,24,25). The zero-order valence-corrected chi connectivity index (χ0v) is 14.1. The first kappa shape index (κ1) is 16.1. The van der Waals surface area contributed by atoms with E-state index in [1.807, 2.05) is 72.8 Å². The lowest BCUT2D eigenvalue weighted by Gasteiger charge is -2.22. The van der Waals surface area contributed by atoms with E-state index in [1.165, 1.54) is 0 Å². The third kappa shape index (κ3) is 3.35. The molecule has 1 unspecified atom stereocenters. The zero-order chi connectivity index (χ0) is 17.8. The van der Waals surface area contributed by atoms with Crippen LogP contribution in [0.15, 0.2) is 84.7 Å². The van der Waals surface area contributed by atoms with Gasteiger partial charge in [0, 0.05) is 18.0 Å². The number of carbonyl (C=O) groups is 1. The van der Waals surface area contributed by atoms with E-state index in [-0.39, 0.29) is 18.6 Å². The maximum atomic E-state index is 12.9. The van der Waals surface area contributed by atoms with Crippen molar-refractivity contribution in [3.05, 3.63) is 101 Å². The Bertz CT molecular complexity index is 897. The monoisotopic (exact) mass is 342 g/mol. The number of para-hydroxylation sites is 1. The maximum Gasteiger partial charge on any atom is 0.251 e. The second-order valence-corrected chi connectivity index (χ2v) is 6.09. The summed E-state index contributed by atoms with van der Waals surface area (Å²) in [6, 6.07) is 21.2. The molecule has 1 aromatic heterocycles. The van der Waals surface area contributed by atoms with Crippen molar-refractivity contribution < 1.29 is 9.53 Å². The number of amides is 1. The van der Waals surface area contributed by atoms with Gasteiger partial charge in [-0.1, -0.05) is 48.5 Å².